The van der Waals surface area contributed by atoms with E-state index in [1.54, 1.807) is 6.26 Å². The van der Waals surface area contributed by atoms with Crippen LogP contribution in [0.1, 0.15) is 24.2 Å². The number of anilines is 1. The van der Waals surface area contributed by atoms with Gasteiger partial charge < -0.3 is 14.6 Å². The molecule has 2 heterocycles. The summed E-state index contributed by atoms with van der Waals surface area (Å²) in [6.45, 7) is 1.68. The summed E-state index contributed by atoms with van der Waals surface area (Å²) in [4.78, 5) is 6.70. The summed E-state index contributed by atoms with van der Waals surface area (Å²) < 4.78 is 5.49. The molecule has 4 heteroatoms. The van der Waals surface area contributed by atoms with Gasteiger partial charge in [-0.2, -0.15) is 0 Å². The fourth-order valence-electron chi connectivity index (χ4n) is 2.38. The van der Waals surface area contributed by atoms with Gasteiger partial charge in [0.25, 0.3) is 0 Å². The number of nitrogens with one attached hydrogen (secondary N) is 1. The van der Waals surface area contributed by atoms with E-state index < -0.39 is 0 Å². The standard InChI is InChI=1S/C15H19N3O/c1-16-9-12-6-7-17-10-15(12)18(13-4-5-13)11-14-3-2-8-19-14/h2-3,6-8,10,13,16H,4-5,9,11H2,1H3. The Morgan fingerprint density at radius 3 is 3.00 bits per heavy atom. The number of rotatable bonds is 6. The highest BCUT2D eigenvalue weighted by Crippen LogP contribution is 2.34. The molecule has 0 unspecified atom stereocenters. The maximum absolute atomic E-state index is 5.49. The summed E-state index contributed by atoms with van der Waals surface area (Å²) in [5.41, 5.74) is 2.51. The van der Waals surface area contributed by atoms with E-state index in [2.05, 4.69) is 21.3 Å². The third-order valence-corrected chi connectivity index (χ3v) is 3.46. The van der Waals surface area contributed by atoms with Crippen LogP contribution in [-0.2, 0) is 13.1 Å². The molecule has 19 heavy (non-hydrogen) atoms. The Balaban J connectivity index is 1.87. The molecule has 0 bridgehead atoms. The fraction of sp³-hybridized carbons (Fsp3) is 0.400. The van der Waals surface area contributed by atoms with Gasteiger partial charge in [0.2, 0.25) is 0 Å². The third-order valence-electron chi connectivity index (χ3n) is 3.46. The van der Waals surface area contributed by atoms with Gasteiger partial charge in [-0.15, -0.1) is 0 Å². The molecule has 2 aromatic heterocycles. The summed E-state index contributed by atoms with van der Waals surface area (Å²) >= 11 is 0. The summed E-state index contributed by atoms with van der Waals surface area (Å²) in [5.74, 6) is 1.01. The lowest BCUT2D eigenvalue weighted by Crippen LogP contribution is -2.26. The van der Waals surface area contributed by atoms with Gasteiger partial charge in [-0.1, -0.05) is 0 Å². The molecule has 1 aliphatic rings. The average molecular weight is 257 g/mol. The van der Waals surface area contributed by atoms with E-state index in [0.717, 1.165) is 18.8 Å². The van der Waals surface area contributed by atoms with Crippen molar-refractivity contribution < 1.29 is 4.42 Å². The third kappa shape index (κ3) is 2.79. The summed E-state index contributed by atoms with van der Waals surface area (Å²) in [6.07, 6.45) is 8.07. The average Bonchev–Trinajstić information content (AvgIpc) is 3.15. The molecule has 4 nitrogen and oxygen atoms in total. The molecular weight excluding hydrogens is 238 g/mol. The van der Waals surface area contributed by atoms with Gasteiger partial charge in [0.15, 0.2) is 0 Å². The van der Waals surface area contributed by atoms with Crippen molar-refractivity contribution in [2.24, 2.45) is 0 Å². The van der Waals surface area contributed by atoms with Crippen molar-refractivity contribution in [1.82, 2.24) is 10.3 Å². The first kappa shape index (κ1) is 12.2. The normalized spacial score (nSPS) is 14.6. The first-order valence-corrected chi connectivity index (χ1v) is 6.75. The summed E-state index contributed by atoms with van der Waals surface area (Å²) in [7, 11) is 1.97. The lowest BCUT2D eigenvalue weighted by atomic mass is 10.2. The minimum Gasteiger partial charge on any atom is -0.467 e. The molecule has 0 atom stereocenters. The van der Waals surface area contributed by atoms with E-state index in [4.69, 9.17) is 4.42 Å². The van der Waals surface area contributed by atoms with E-state index in [-0.39, 0.29) is 0 Å². The van der Waals surface area contributed by atoms with Crippen LogP contribution in [0.4, 0.5) is 5.69 Å². The predicted octanol–water partition coefficient (Wildman–Crippen LogP) is 2.56. The van der Waals surface area contributed by atoms with E-state index >= 15 is 0 Å². The minimum atomic E-state index is 0.630. The van der Waals surface area contributed by atoms with Gasteiger partial charge in [-0.05, 0) is 43.7 Å². The van der Waals surface area contributed by atoms with E-state index in [9.17, 15) is 0 Å². The lowest BCUT2D eigenvalue weighted by molar-refractivity contribution is 0.500. The topological polar surface area (TPSA) is 41.3 Å². The molecule has 1 N–H and O–H groups in total. The lowest BCUT2D eigenvalue weighted by Gasteiger charge is -2.25. The molecule has 3 rings (SSSR count). The van der Waals surface area contributed by atoms with Gasteiger partial charge in [0, 0.05) is 18.8 Å². The van der Waals surface area contributed by atoms with Crippen molar-refractivity contribution in [3.63, 3.8) is 0 Å². The monoisotopic (exact) mass is 257 g/mol. The quantitative estimate of drug-likeness (QED) is 0.863. The van der Waals surface area contributed by atoms with Gasteiger partial charge in [-0.25, -0.2) is 0 Å². The maximum Gasteiger partial charge on any atom is 0.123 e. The summed E-state index contributed by atoms with van der Waals surface area (Å²) in [6, 6.07) is 6.69. The van der Waals surface area contributed by atoms with Crippen molar-refractivity contribution in [2.45, 2.75) is 32.0 Å². The number of hydrogen-bond donors (Lipinski definition) is 1. The zero-order valence-electron chi connectivity index (χ0n) is 11.2. The fourth-order valence-corrected chi connectivity index (χ4v) is 2.38. The number of nitrogens with zero attached hydrogens (tertiary/aromatic N) is 2. The largest absolute Gasteiger partial charge is 0.467 e. The highest BCUT2D eigenvalue weighted by atomic mass is 16.3. The Morgan fingerprint density at radius 2 is 2.32 bits per heavy atom. The smallest absolute Gasteiger partial charge is 0.123 e. The van der Waals surface area contributed by atoms with Crippen LogP contribution >= 0.6 is 0 Å². The molecule has 0 saturated heterocycles. The van der Waals surface area contributed by atoms with Crippen molar-refractivity contribution in [1.29, 1.82) is 0 Å². The molecule has 0 amide bonds. The molecule has 1 fully saturated rings. The van der Waals surface area contributed by atoms with Gasteiger partial charge in [-0.3, -0.25) is 4.98 Å². The van der Waals surface area contributed by atoms with Crippen molar-refractivity contribution >= 4 is 5.69 Å². The zero-order chi connectivity index (χ0) is 13.1. The second-order valence-electron chi connectivity index (χ2n) is 4.97. The number of hydrogen-bond acceptors (Lipinski definition) is 4. The second-order valence-corrected chi connectivity index (χ2v) is 4.97. The molecule has 1 aliphatic carbocycles. The van der Waals surface area contributed by atoms with Crippen LogP contribution in [0, 0.1) is 0 Å². The van der Waals surface area contributed by atoms with Crippen LogP contribution in [0.15, 0.2) is 41.3 Å². The number of furan rings is 1. The first-order valence-electron chi connectivity index (χ1n) is 6.75. The Hall–Kier alpha value is -1.81. The maximum atomic E-state index is 5.49. The summed E-state index contributed by atoms with van der Waals surface area (Å²) in [5, 5.41) is 3.22. The molecule has 0 radical (unpaired) electrons. The van der Waals surface area contributed by atoms with E-state index in [1.165, 1.54) is 24.1 Å². The van der Waals surface area contributed by atoms with Crippen molar-refractivity contribution in [2.75, 3.05) is 11.9 Å². The Bertz CT molecular complexity index is 520. The first-order chi connectivity index (χ1) is 9.38. The zero-order valence-corrected chi connectivity index (χ0v) is 11.2. The molecule has 0 aliphatic heterocycles. The molecule has 0 spiro atoms. The predicted molar refractivity (Wildman–Crippen MR) is 74.9 cm³/mol. The van der Waals surface area contributed by atoms with Crippen LogP contribution in [0.5, 0.6) is 0 Å². The van der Waals surface area contributed by atoms with Crippen LogP contribution < -0.4 is 10.2 Å². The highest BCUT2D eigenvalue weighted by molar-refractivity contribution is 5.53. The minimum absolute atomic E-state index is 0.630. The van der Waals surface area contributed by atoms with Gasteiger partial charge >= 0.3 is 0 Å². The second kappa shape index (κ2) is 5.45. The van der Waals surface area contributed by atoms with Crippen molar-refractivity contribution in [3.05, 3.63) is 48.2 Å². The SMILES string of the molecule is CNCc1ccncc1N(Cc1ccco1)C1CC1. The Kier molecular flexibility index (Phi) is 3.51. The molecule has 0 aromatic carbocycles. The number of aromatic nitrogens is 1. The van der Waals surface area contributed by atoms with Crippen LogP contribution in [-0.4, -0.2) is 18.1 Å². The van der Waals surface area contributed by atoms with Gasteiger partial charge in [0.05, 0.1) is 24.7 Å². The molecule has 100 valence electrons. The van der Waals surface area contributed by atoms with Gasteiger partial charge in [0.1, 0.15) is 5.76 Å². The highest BCUT2D eigenvalue weighted by Gasteiger charge is 2.31. The molecule has 2 aromatic rings. The van der Waals surface area contributed by atoms with E-state index in [1.807, 2.05) is 31.6 Å². The van der Waals surface area contributed by atoms with Crippen LogP contribution in [0.2, 0.25) is 0 Å². The molecular formula is C15H19N3O. The Morgan fingerprint density at radius 1 is 1.42 bits per heavy atom. The van der Waals surface area contributed by atoms with Crippen LogP contribution in [0.25, 0.3) is 0 Å². The number of pyridine rings is 1. The van der Waals surface area contributed by atoms with E-state index in [0.29, 0.717) is 6.04 Å². The van der Waals surface area contributed by atoms with Crippen LogP contribution in [0.3, 0.4) is 0 Å². The molecule has 1 saturated carbocycles. The Labute approximate surface area is 113 Å². The van der Waals surface area contributed by atoms with Crippen molar-refractivity contribution in [3.8, 4) is 0 Å².